The molecule has 50 valence electrons. The van der Waals surface area contributed by atoms with E-state index < -0.39 is 0 Å². The van der Waals surface area contributed by atoms with Crippen LogP contribution in [0.4, 0.5) is 0 Å². The topological polar surface area (TPSA) is 71.4 Å². The molecular formula is C3H9B3N3NaPb. The molecule has 0 fully saturated rings. The van der Waals surface area contributed by atoms with Crippen LogP contribution in [0.3, 0.4) is 0 Å². The number of nitriles is 3. The molecule has 11 heavy (non-hydrogen) atoms. The Labute approximate surface area is 113 Å². The van der Waals surface area contributed by atoms with E-state index in [2.05, 4.69) is 0 Å². The Kier molecular flexibility index (Phi) is 206. The van der Waals surface area contributed by atoms with Crippen LogP contribution in [0.2, 0.25) is 0 Å². The van der Waals surface area contributed by atoms with Crippen LogP contribution in [-0.4, -0.2) is 50.8 Å². The Balaban J connectivity index is -0.0000000150. The largest absolute Gasteiger partial charge is 2.00 e. The summed E-state index contributed by atoms with van der Waals surface area (Å²) in [5.41, 5.74) is 0. The molecule has 0 saturated heterocycles. The van der Waals surface area contributed by atoms with E-state index in [9.17, 15) is 0 Å². The van der Waals surface area contributed by atoms with Crippen LogP contribution in [0.15, 0.2) is 0 Å². The van der Waals surface area contributed by atoms with Crippen LogP contribution >= 0.6 is 0 Å². The van der Waals surface area contributed by atoms with E-state index in [1.807, 2.05) is 17.9 Å². The van der Waals surface area contributed by atoms with E-state index in [1.54, 1.807) is 0 Å². The first-order valence-corrected chi connectivity index (χ1v) is 0.671. The van der Waals surface area contributed by atoms with Gasteiger partial charge >= 0.3 is 56.9 Å². The second kappa shape index (κ2) is 75.6. The minimum atomic E-state index is 0. The maximum absolute atomic E-state index is 7.43. The van der Waals surface area contributed by atoms with Crippen LogP contribution in [0.25, 0.3) is 0 Å². The monoisotopic (exact) mass is 351 g/mol. The predicted molar refractivity (Wildman–Crippen MR) is 52.4 cm³/mol. The fourth-order valence-corrected chi connectivity index (χ4v) is 0. The maximum atomic E-state index is 7.43. The van der Waals surface area contributed by atoms with Gasteiger partial charge in [0.15, 0.2) is 0 Å². The van der Waals surface area contributed by atoms with Gasteiger partial charge in [-0.05, 0) is 0 Å². The second-order valence-corrected chi connectivity index (χ2v) is 0. The van der Waals surface area contributed by atoms with Crippen molar-refractivity contribution in [3.8, 4) is 17.9 Å². The Hall–Kier alpha value is 0.587. The molecule has 0 atom stereocenters. The first-order valence-electron chi connectivity index (χ1n) is 0.671. The minimum absolute atomic E-state index is 0. The number of hydrogen-bond acceptors (Lipinski definition) is 3. The van der Waals surface area contributed by atoms with Crippen LogP contribution in [0.1, 0.15) is 0 Å². The fraction of sp³-hybridized carbons (Fsp3) is 0. The molecule has 0 aliphatic heterocycles. The van der Waals surface area contributed by atoms with Gasteiger partial charge in [0, 0.05) is 0 Å². The van der Waals surface area contributed by atoms with Gasteiger partial charge in [0.1, 0.15) is 0 Å². The van der Waals surface area contributed by atoms with E-state index >= 15 is 0 Å². The average molecular weight is 350 g/mol. The van der Waals surface area contributed by atoms with E-state index in [0.29, 0.717) is 0 Å². The smallest absolute Gasteiger partial charge is 0.251 e. The van der Waals surface area contributed by atoms with Gasteiger partial charge in [0.05, 0.1) is 23.5 Å². The molecule has 0 spiro atoms. The molecule has 0 amide bonds. The normalized spacial score (nSPS) is 2.18. The van der Waals surface area contributed by atoms with Gasteiger partial charge in [0.25, 0.3) is 0 Å². The van der Waals surface area contributed by atoms with Crippen molar-refractivity contribution in [2.45, 2.75) is 0 Å². The van der Waals surface area contributed by atoms with Gasteiger partial charge in [-0.1, -0.05) is 0 Å². The summed E-state index contributed by atoms with van der Waals surface area (Å²) in [6.07, 6.45) is 0. The van der Waals surface area contributed by atoms with Crippen molar-refractivity contribution in [3.63, 3.8) is 0 Å². The van der Waals surface area contributed by atoms with Crippen LogP contribution in [0.5, 0.6) is 0 Å². The molecule has 8 heteroatoms. The van der Waals surface area contributed by atoms with E-state index in [1.165, 1.54) is 0 Å². The van der Waals surface area contributed by atoms with E-state index in [-0.39, 0.29) is 80.4 Å². The molecule has 0 aromatic rings. The minimum Gasteiger partial charge on any atom is -0.251 e. The molecular weight excluding hydrogens is 341 g/mol. The van der Waals surface area contributed by atoms with Crippen molar-refractivity contribution >= 4 is 50.8 Å². The van der Waals surface area contributed by atoms with Crippen molar-refractivity contribution in [2.24, 2.45) is 0 Å². The Bertz CT molecular complexity index is 117. The summed E-state index contributed by atoms with van der Waals surface area (Å²) < 4.78 is 0. The number of nitrogens with zero attached hydrogens (tertiary/aromatic N) is 3. The van der Waals surface area contributed by atoms with Gasteiger partial charge in [0.2, 0.25) is 0 Å². The van der Waals surface area contributed by atoms with Gasteiger partial charge in [-0.25, -0.2) is 0 Å². The number of rotatable bonds is 0. The maximum Gasteiger partial charge on any atom is 2.00 e. The first-order chi connectivity index (χ1) is 4.24. The first kappa shape index (κ1) is 29.9. The van der Waals surface area contributed by atoms with Crippen LogP contribution in [0, 0.1) is 33.7 Å². The summed E-state index contributed by atoms with van der Waals surface area (Å²) >= 11 is 0. The molecule has 0 bridgehead atoms. The summed E-state index contributed by atoms with van der Waals surface area (Å²) in [6.45, 7) is 0. The Morgan fingerprint density at radius 1 is 0.727 bits per heavy atom. The third-order valence-corrected chi connectivity index (χ3v) is 0. The molecule has 0 heterocycles. The molecule has 0 aromatic heterocycles. The van der Waals surface area contributed by atoms with Gasteiger partial charge in [-0.15, -0.1) is 0 Å². The third-order valence-electron chi connectivity index (χ3n) is 0. The Morgan fingerprint density at radius 2 is 0.727 bits per heavy atom. The molecule has 3 nitrogen and oxygen atoms in total. The van der Waals surface area contributed by atoms with E-state index in [0.717, 1.165) is 0 Å². The summed E-state index contributed by atoms with van der Waals surface area (Å²) in [5, 5.41) is 22.3. The predicted octanol–water partition coefficient (Wildman–Crippen LogP) is -6.88. The molecule has 0 aromatic carbocycles. The van der Waals surface area contributed by atoms with Crippen molar-refractivity contribution < 1.29 is 29.6 Å². The Morgan fingerprint density at radius 3 is 0.727 bits per heavy atom. The molecule has 0 N–H and O–H groups in total. The molecule has 0 aliphatic carbocycles. The van der Waals surface area contributed by atoms with Gasteiger partial charge in [-0.3, -0.25) is 15.8 Å². The zero-order valence-electron chi connectivity index (χ0n) is 4.34. The third kappa shape index (κ3) is 2270. The number of hydrogen-bond donors (Lipinski definition) is 0. The van der Waals surface area contributed by atoms with Gasteiger partial charge in [-0.2, -0.15) is 17.9 Å². The summed E-state index contributed by atoms with van der Waals surface area (Å²) in [5.74, 6) is 6.00. The van der Waals surface area contributed by atoms with Crippen LogP contribution in [-0.2, 0) is 0 Å². The SMILES string of the molecule is [BH3-]C#N.[BH3-]C#N.[BH3-]C#N.[Na+].[Pb+2]. The summed E-state index contributed by atoms with van der Waals surface area (Å²) in [4.78, 5) is 0. The quantitative estimate of drug-likeness (QED) is 0.408. The summed E-state index contributed by atoms with van der Waals surface area (Å²) in [7, 11) is 0.208. The molecule has 0 unspecified atom stereocenters. The fourth-order valence-electron chi connectivity index (χ4n) is 0. The average Bonchev–Trinajstić information content (AvgIpc) is 1.70. The second-order valence-electron chi connectivity index (χ2n) is 0. The standard InChI is InChI=1S/3CH3BN.Na.Pb/c3*2-1-3;;/h3*2H3;;/q3*-1;+1;+2. The zero-order chi connectivity index (χ0) is 8.12. The van der Waals surface area contributed by atoms with Crippen molar-refractivity contribution in [3.05, 3.63) is 0 Å². The molecule has 2 radical (unpaired) electrons. The van der Waals surface area contributed by atoms with Crippen LogP contribution < -0.4 is 29.6 Å². The molecule has 0 aliphatic rings. The van der Waals surface area contributed by atoms with Crippen molar-refractivity contribution in [1.82, 2.24) is 0 Å². The van der Waals surface area contributed by atoms with E-state index in [4.69, 9.17) is 15.8 Å². The molecule has 0 rings (SSSR count). The summed E-state index contributed by atoms with van der Waals surface area (Å²) in [6, 6.07) is 0. The van der Waals surface area contributed by atoms with Crippen molar-refractivity contribution in [2.75, 3.05) is 0 Å². The van der Waals surface area contributed by atoms with Crippen molar-refractivity contribution in [1.29, 1.82) is 15.8 Å². The zero-order valence-corrected chi connectivity index (χ0v) is 10.2. The van der Waals surface area contributed by atoms with Gasteiger partial charge < -0.3 is 0 Å². The molecule has 0 saturated carbocycles.